The van der Waals surface area contributed by atoms with Crippen LogP contribution >= 0.6 is 0 Å². The summed E-state index contributed by atoms with van der Waals surface area (Å²) in [6.07, 6.45) is 3.23. The minimum atomic E-state index is -0.441. The Morgan fingerprint density at radius 1 is 1.19 bits per heavy atom. The van der Waals surface area contributed by atoms with Crippen LogP contribution in [0.15, 0.2) is 40.5 Å². The first-order valence-electron chi connectivity index (χ1n) is 6.63. The number of nitro groups is 1. The molecule has 0 atom stereocenters. The fourth-order valence-corrected chi connectivity index (χ4v) is 2.41. The van der Waals surface area contributed by atoms with Gasteiger partial charge in [0, 0.05) is 34.8 Å². The van der Waals surface area contributed by atoms with E-state index in [9.17, 15) is 14.9 Å². The Bertz CT molecular complexity index is 777. The minimum Gasteiger partial charge on any atom is -0.289 e. The highest BCUT2D eigenvalue weighted by Gasteiger charge is 2.32. The Labute approximate surface area is 121 Å². The highest BCUT2D eigenvalue weighted by Crippen LogP contribution is 2.36. The number of nitrogens with zero attached hydrogens (tertiary/aromatic N) is 2. The summed E-state index contributed by atoms with van der Waals surface area (Å²) in [6.45, 7) is 5.99. The van der Waals surface area contributed by atoms with Gasteiger partial charge in [0.05, 0.1) is 16.3 Å². The maximum atomic E-state index is 12.3. The molecule has 1 aromatic carbocycles. The molecule has 3 rings (SSSR count). The predicted molar refractivity (Wildman–Crippen MR) is 80.2 cm³/mol. The van der Waals surface area contributed by atoms with Gasteiger partial charge < -0.3 is 0 Å². The molecule has 5 heteroatoms. The van der Waals surface area contributed by atoms with Crippen molar-refractivity contribution < 1.29 is 9.72 Å². The number of non-ortho nitro benzene ring substituents is 1. The Morgan fingerprint density at radius 3 is 2.52 bits per heavy atom. The van der Waals surface area contributed by atoms with E-state index in [-0.39, 0.29) is 16.9 Å². The molecule has 1 heterocycles. The quantitative estimate of drug-likeness (QED) is 0.586. The van der Waals surface area contributed by atoms with Gasteiger partial charge in [-0.05, 0) is 17.7 Å². The largest absolute Gasteiger partial charge is 0.289 e. The lowest BCUT2D eigenvalue weighted by Crippen LogP contribution is -2.20. The summed E-state index contributed by atoms with van der Waals surface area (Å²) in [7, 11) is 0. The number of nitro benzene ring substituents is 1. The van der Waals surface area contributed by atoms with Crippen molar-refractivity contribution in [2.75, 3.05) is 0 Å². The van der Waals surface area contributed by atoms with E-state index in [0.29, 0.717) is 16.8 Å². The molecule has 5 nitrogen and oxygen atoms in total. The number of benzene rings is 1. The van der Waals surface area contributed by atoms with E-state index >= 15 is 0 Å². The molecule has 106 valence electrons. The third kappa shape index (κ3) is 2.11. The van der Waals surface area contributed by atoms with Crippen LogP contribution in [0.3, 0.4) is 0 Å². The summed E-state index contributed by atoms with van der Waals surface area (Å²) < 4.78 is 0. The first-order valence-corrected chi connectivity index (χ1v) is 6.63. The molecular formula is C16H14N2O3. The van der Waals surface area contributed by atoms with Crippen molar-refractivity contribution in [3.05, 3.63) is 56.8 Å². The van der Waals surface area contributed by atoms with E-state index < -0.39 is 4.92 Å². The molecule has 21 heavy (non-hydrogen) atoms. The molecule has 1 aromatic rings. The van der Waals surface area contributed by atoms with Crippen molar-refractivity contribution in [1.29, 1.82) is 0 Å². The summed E-state index contributed by atoms with van der Waals surface area (Å²) in [5.74, 6) is -0.0937. The first kappa shape index (κ1) is 13.4. The maximum absolute atomic E-state index is 12.3. The molecule has 0 N–H and O–H groups in total. The van der Waals surface area contributed by atoms with Gasteiger partial charge in [-0.3, -0.25) is 19.9 Å². The van der Waals surface area contributed by atoms with Crippen LogP contribution in [0.25, 0.3) is 6.08 Å². The molecule has 0 aromatic heterocycles. The molecule has 0 bridgehead atoms. The van der Waals surface area contributed by atoms with Gasteiger partial charge >= 0.3 is 0 Å². The van der Waals surface area contributed by atoms with Crippen molar-refractivity contribution >= 4 is 23.3 Å². The number of hydrogen-bond acceptors (Lipinski definition) is 4. The highest BCUT2D eigenvalue weighted by atomic mass is 16.6. The van der Waals surface area contributed by atoms with Gasteiger partial charge in [-0.2, -0.15) is 0 Å². The van der Waals surface area contributed by atoms with Crippen LogP contribution in [-0.2, 0) is 4.79 Å². The lowest BCUT2D eigenvalue weighted by atomic mass is 9.88. The smallest absolute Gasteiger partial charge is 0.270 e. The topological polar surface area (TPSA) is 72.6 Å². The number of ketones is 1. The molecule has 1 aliphatic carbocycles. The fourth-order valence-electron chi connectivity index (χ4n) is 2.41. The van der Waals surface area contributed by atoms with Crippen LogP contribution in [0.4, 0.5) is 5.69 Å². The van der Waals surface area contributed by atoms with Crippen LogP contribution in [0.2, 0.25) is 0 Å². The van der Waals surface area contributed by atoms with E-state index in [1.165, 1.54) is 12.1 Å². The third-order valence-corrected chi connectivity index (χ3v) is 3.59. The van der Waals surface area contributed by atoms with Crippen molar-refractivity contribution in [3.63, 3.8) is 0 Å². The minimum absolute atomic E-state index is 0.0151. The average Bonchev–Trinajstić information content (AvgIpc) is 2.76. The summed E-state index contributed by atoms with van der Waals surface area (Å²) in [5.41, 5.74) is 3.11. The van der Waals surface area contributed by atoms with Crippen LogP contribution in [-0.4, -0.2) is 16.4 Å². The average molecular weight is 282 g/mol. The lowest BCUT2D eigenvalue weighted by molar-refractivity contribution is -0.384. The molecule has 0 spiro atoms. The lowest BCUT2D eigenvalue weighted by Gasteiger charge is -2.23. The molecule has 0 amide bonds. The van der Waals surface area contributed by atoms with Gasteiger partial charge in [0.15, 0.2) is 5.78 Å². The second-order valence-corrected chi connectivity index (χ2v) is 6.19. The van der Waals surface area contributed by atoms with E-state index in [1.54, 1.807) is 18.2 Å². The van der Waals surface area contributed by atoms with Gasteiger partial charge in [-0.1, -0.05) is 20.8 Å². The molecule has 2 aliphatic rings. The van der Waals surface area contributed by atoms with Crippen molar-refractivity contribution in [3.8, 4) is 0 Å². The number of hydrogen-bond donors (Lipinski definition) is 0. The fraction of sp³-hybridized carbons (Fsp3) is 0.250. The molecule has 0 unspecified atom stereocenters. The van der Waals surface area contributed by atoms with Crippen molar-refractivity contribution in [2.45, 2.75) is 20.8 Å². The SMILES string of the molecule is CC(C)(C)C1=CC(=O)C2=Cc3cc([N+](=O)[O-])ccc3C2=N1. The molecule has 0 radical (unpaired) electrons. The van der Waals surface area contributed by atoms with Gasteiger partial charge in [0.1, 0.15) is 0 Å². The third-order valence-electron chi connectivity index (χ3n) is 3.59. The zero-order chi connectivity index (χ0) is 15.4. The van der Waals surface area contributed by atoms with E-state index in [2.05, 4.69) is 4.99 Å². The monoisotopic (exact) mass is 282 g/mol. The van der Waals surface area contributed by atoms with E-state index in [4.69, 9.17) is 0 Å². The Hall–Kier alpha value is -2.56. The van der Waals surface area contributed by atoms with Crippen LogP contribution in [0.1, 0.15) is 31.9 Å². The second kappa shape index (κ2) is 4.22. The standard InChI is InChI=1S/C16H14N2O3/c1-16(2,3)14-8-13(19)12-7-9-6-10(18(20)21)4-5-11(9)15(12)17-14/h4-8H,1-3H3. The number of rotatable bonds is 1. The summed E-state index contributed by atoms with van der Waals surface area (Å²) in [6, 6.07) is 4.58. The summed E-state index contributed by atoms with van der Waals surface area (Å²) in [4.78, 5) is 27.3. The molecule has 0 saturated carbocycles. The second-order valence-electron chi connectivity index (χ2n) is 6.19. The number of fused-ring (bicyclic) bond motifs is 3. The number of carbonyl (C=O) groups excluding carboxylic acids is 1. The summed E-state index contributed by atoms with van der Waals surface area (Å²) in [5, 5.41) is 10.8. The van der Waals surface area contributed by atoms with Gasteiger partial charge in [-0.25, -0.2) is 0 Å². The Morgan fingerprint density at radius 2 is 1.90 bits per heavy atom. The zero-order valence-corrected chi connectivity index (χ0v) is 12.0. The van der Waals surface area contributed by atoms with Crippen LogP contribution in [0.5, 0.6) is 0 Å². The number of carbonyl (C=O) groups is 1. The Kier molecular flexibility index (Phi) is 2.69. The highest BCUT2D eigenvalue weighted by molar-refractivity contribution is 6.38. The summed E-state index contributed by atoms with van der Waals surface area (Å²) >= 11 is 0. The van der Waals surface area contributed by atoms with Crippen LogP contribution in [0, 0.1) is 15.5 Å². The normalized spacial score (nSPS) is 16.7. The van der Waals surface area contributed by atoms with E-state index in [0.717, 1.165) is 11.3 Å². The molecule has 0 saturated heterocycles. The first-order chi connectivity index (χ1) is 9.77. The van der Waals surface area contributed by atoms with Gasteiger partial charge in [0.2, 0.25) is 0 Å². The van der Waals surface area contributed by atoms with Crippen molar-refractivity contribution in [1.82, 2.24) is 0 Å². The van der Waals surface area contributed by atoms with Gasteiger partial charge in [0.25, 0.3) is 5.69 Å². The maximum Gasteiger partial charge on any atom is 0.270 e. The Balaban J connectivity index is 2.15. The molecule has 0 fully saturated rings. The predicted octanol–water partition coefficient (Wildman–Crippen LogP) is 3.29. The zero-order valence-electron chi connectivity index (χ0n) is 12.0. The molecular weight excluding hydrogens is 268 g/mol. The van der Waals surface area contributed by atoms with Crippen LogP contribution < -0.4 is 0 Å². The molecule has 1 aliphatic heterocycles. The number of allylic oxidation sites excluding steroid dienone is 3. The van der Waals surface area contributed by atoms with E-state index in [1.807, 2.05) is 20.8 Å². The number of aliphatic imine (C=N–C) groups is 1. The van der Waals surface area contributed by atoms with Gasteiger partial charge in [-0.15, -0.1) is 0 Å². The van der Waals surface area contributed by atoms with Crippen molar-refractivity contribution in [2.24, 2.45) is 10.4 Å².